The largest absolute Gasteiger partial charge is 0.463 e. The number of nitrogens with two attached hydrogens (primary N) is 1. The summed E-state index contributed by atoms with van der Waals surface area (Å²) < 4.78 is 35.3. The summed E-state index contributed by atoms with van der Waals surface area (Å²) in [5.41, 5.74) is 13.2. The third-order valence-electron chi connectivity index (χ3n) is 13.3. The minimum atomic E-state index is -3.22. The van der Waals surface area contributed by atoms with Crippen LogP contribution in [-0.4, -0.2) is 85.7 Å². The molecular formula is C62H44Cl4FN16O4P. The number of nitrogens with one attached hydrogen (secondary N) is 1. The van der Waals surface area contributed by atoms with Crippen molar-refractivity contribution in [3.8, 4) is 23.3 Å². The fraction of sp³-hybridized carbons (Fsp3) is 0.0323. The summed E-state index contributed by atoms with van der Waals surface area (Å²) in [7, 11) is 0. The zero-order valence-electron chi connectivity index (χ0n) is 45.8. The molecule has 15 aromatic heterocycles. The molecule has 0 unspecified atom stereocenters. The first-order valence-corrected chi connectivity index (χ1v) is 31.2. The Balaban J connectivity index is 0.000000118. The maximum Gasteiger partial charge on any atom is 0.339 e. The van der Waals surface area contributed by atoms with Crippen molar-refractivity contribution >= 4 is 145 Å². The lowest BCUT2D eigenvalue weighted by molar-refractivity contribution is -0.137. The fourth-order valence-electron chi connectivity index (χ4n) is 9.18. The summed E-state index contributed by atoms with van der Waals surface area (Å²) in [6.07, 6.45) is 31.8. The van der Waals surface area contributed by atoms with E-state index in [1.54, 1.807) is 111 Å². The van der Waals surface area contributed by atoms with Gasteiger partial charge in [-0.1, -0.05) is 11.6 Å². The fourth-order valence-corrected chi connectivity index (χ4v) is 9.33. The van der Waals surface area contributed by atoms with Crippen LogP contribution >= 0.6 is 50.5 Å². The van der Waals surface area contributed by atoms with Crippen molar-refractivity contribution in [1.29, 1.82) is 0 Å². The molecule has 3 N–H and O–H groups in total. The van der Waals surface area contributed by atoms with E-state index in [0.717, 1.165) is 82.4 Å². The predicted octanol–water partition coefficient (Wildman–Crippen LogP) is 14.4. The number of nitrogens with zero attached hydrogens (tertiary/aromatic N) is 14. The van der Waals surface area contributed by atoms with Gasteiger partial charge in [-0.05, 0) is 126 Å². The lowest BCUT2D eigenvalue weighted by Gasteiger charge is -2.07. The second-order valence-corrected chi connectivity index (χ2v) is 25.9. The van der Waals surface area contributed by atoms with E-state index >= 15 is 0 Å². The van der Waals surface area contributed by atoms with Crippen LogP contribution in [0.15, 0.2) is 219 Å². The third kappa shape index (κ3) is 14.2. The van der Waals surface area contributed by atoms with E-state index in [-0.39, 0.29) is 5.56 Å². The Hall–Kier alpha value is -10.3. The van der Waals surface area contributed by atoms with Gasteiger partial charge in [0.15, 0.2) is 0 Å². The number of anilines is 1. The van der Waals surface area contributed by atoms with Crippen LogP contribution < -0.4 is 11.3 Å². The molecule has 0 radical (unpaired) electrons. The number of pyridine rings is 11. The highest BCUT2D eigenvalue weighted by Crippen LogP contribution is 2.61. The number of hydrogen-bond donors (Lipinski definition) is 2. The van der Waals surface area contributed by atoms with E-state index in [2.05, 4.69) is 88.5 Å². The first-order valence-electron chi connectivity index (χ1n) is 26.4. The van der Waals surface area contributed by atoms with Gasteiger partial charge < -0.3 is 15.5 Å². The molecule has 0 fully saturated rings. The van der Waals surface area contributed by atoms with Crippen molar-refractivity contribution in [1.82, 2.24) is 73.1 Å². The van der Waals surface area contributed by atoms with Gasteiger partial charge in [-0.3, -0.25) is 47.6 Å². The molecule has 0 aliphatic heterocycles. The van der Waals surface area contributed by atoms with Crippen LogP contribution in [-0.2, 0) is 14.1 Å². The topological polar surface area (TPSA) is 251 Å². The van der Waals surface area contributed by atoms with E-state index < -0.39 is 17.1 Å². The number of carbonyl (C=O) groups is 1. The number of H-pyrrole nitrogens is 1. The van der Waals surface area contributed by atoms with Crippen LogP contribution in [0.25, 0.3) is 106 Å². The van der Waals surface area contributed by atoms with E-state index in [0.29, 0.717) is 40.2 Å². The number of rotatable bonds is 7. The summed E-state index contributed by atoms with van der Waals surface area (Å²) in [6.45, 7) is 2.09. The summed E-state index contributed by atoms with van der Waals surface area (Å²) in [5, 5.41) is 4.32. The number of aromatic nitrogens is 15. The van der Waals surface area contributed by atoms with Gasteiger partial charge in [0.05, 0.1) is 70.0 Å². The molecule has 0 atom stereocenters. The Morgan fingerprint density at radius 2 is 0.977 bits per heavy atom. The summed E-state index contributed by atoms with van der Waals surface area (Å²) >= 11 is 19.8. The standard InChI is InChI=1S/C17H16N4O2.C15H9ClN4.C15H9FN4.C15H10N4O.Cl3OP/c1-2-23-17(22)4-3-13-10-20-16(9-14(13)18)21-8-6-12-5-7-19-11-15(12)21;2*16-14-2-1-11-8-18-15(7-12(11)19-14)20-6-4-10-3-5-17-9-13(10)20;20-15-2-1-11-8-17-14(7-12(11)18-15)19-6-4-10-3-5-16-9-13(10)19;1-5(2,3)4/h3-11H,2H2,1H3,(H2,18,20);2*1-9H;1-9H,(H,18,20);/b4-3+;;;;. The summed E-state index contributed by atoms with van der Waals surface area (Å²) in [6, 6.07) is 33.1. The molecular weight excluding hydrogens is 1220 g/mol. The van der Waals surface area contributed by atoms with Crippen molar-refractivity contribution < 1.29 is 18.5 Å². The van der Waals surface area contributed by atoms with Gasteiger partial charge in [-0.15, -0.1) is 0 Å². The Morgan fingerprint density at radius 1 is 0.557 bits per heavy atom. The highest BCUT2D eigenvalue weighted by Gasteiger charge is 2.11. The predicted molar refractivity (Wildman–Crippen MR) is 344 cm³/mol. The van der Waals surface area contributed by atoms with Gasteiger partial charge in [0.25, 0.3) is 0 Å². The number of ether oxygens (including phenoxy) is 1. The van der Waals surface area contributed by atoms with E-state index in [1.807, 2.05) is 116 Å². The monoisotopic (exact) mass is 1270 g/mol. The number of fused-ring (bicyclic) bond motifs is 7. The molecule has 15 rings (SSSR count). The van der Waals surface area contributed by atoms with Crippen LogP contribution in [0.4, 0.5) is 10.1 Å². The second kappa shape index (κ2) is 26.5. The van der Waals surface area contributed by atoms with Gasteiger partial charge in [-0.25, -0.2) is 34.7 Å². The lowest BCUT2D eigenvalue weighted by Crippen LogP contribution is -2.04. The zero-order valence-corrected chi connectivity index (χ0v) is 49.7. The minimum Gasteiger partial charge on any atom is -0.463 e. The van der Waals surface area contributed by atoms with Crippen LogP contribution in [0.2, 0.25) is 5.15 Å². The van der Waals surface area contributed by atoms with Crippen LogP contribution in [0, 0.1) is 5.95 Å². The molecule has 15 heterocycles. The molecule has 436 valence electrons. The second-order valence-electron chi connectivity index (χ2n) is 18.8. The van der Waals surface area contributed by atoms with Crippen molar-refractivity contribution in [3.05, 3.63) is 241 Å². The molecule has 15 aromatic rings. The first kappa shape index (κ1) is 59.5. The maximum absolute atomic E-state index is 13.2. The third-order valence-corrected chi connectivity index (χ3v) is 13.5. The van der Waals surface area contributed by atoms with Crippen molar-refractivity contribution in [2.75, 3.05) is 12.3 Å². The Morgan fingerprint density at radius 3 is 1.45 bits per heavy atom. The average molecular weight is 1270 g/mol. The number of aromatic amines is 1. The van der Waals surface area contributed by atoms with Crippen LogP contribution in [0.1, 0.15) is 12.5 Å². The Bertz CT molecular complexity index is 5020. The highest BCUT2D eigenvalue weighted by molar-refractivity contribution is 8.24. The van der Waals surface area contributed by atoms with Crippen molar-refractivity contribution in [2.45, 2.75) is 6.92 Å². The molecule has 20 nitrogen and oxygen atoms in total. The molecule has 0 saturated heterocycles. The number of hydrogen-bond acceptors (Lipinski definition) is 15. The molecule has 0 aliphatic carbocycles. The highest BCUT2D eigenvalue weighted by atomic mass is 36.0. The van der Waals surface area contributed by atoms with Gasteiger partial charge in [0.2, 0.25) is 11.5 Å². The number of halogens is 5. The van der Waals surface area contributed by atoms with Crippen LogP contribution in [0.3, 0.4) is 0 Å². The van der Waals surface area contributed by atoms with Gasteiger partial charge >= 0.3 is 11.2 Å². The molecule has 88 heavy (non-hydrogen) atoms. The van der Waals surface area contributed by atoms with Gasteiger partial charge in [-0.2, -0.15) is 4.39 Å². The normalized spacial score (nSPS) is 11.2. The lowest BCUT2D eigenvalue weighted by atomic mass is 10.2. The molecule has 0 spiro atoms. The number of esters is 1. The molecule has 26 heteroatoms. The minimum absolute atomic E-state index is 0.117. The van der Waals surface area contributed by atoms with E-state index in [4.69, 9.17) is 22.1 Å². The number of nitrogen functional groups attached to an aromatic ring is 1. The number of carbonyl (C=O) groups excluding carboxylic acids is 1. The summed E-state index contributed by atoms with van der Waals surface area (Å²) in [4.78, 5) is 68.1. The molecule has 0 aliphatic rings. The Kier molecular flexibility index (Phi) is 17.9. The SMILES string of the molecule is CCOC(=O)/C=C/c1cnc(-n2ccc3ccncc32)cc1N.Clc1ccc2cnc(-n3ccc4ccncc43)cc2n1.Fc1ccc2cnc(-n3ccc4ccncc43)cc2n1.O=P(Cl)(Cl)Cl.O=c1ccc2cnc(-n3ccc4ccncc43)cc2[nH]1. The first-order chi connectivity index (χ1) is 42.6. The van der Waals surface area contributed by atoms with Gasteiger partial charge in [0, 0.05) is 160 Å². The molecule has 0 aromatic carbocycles. The smallest absolute Gasteiger partial charge is 0.339 e. The van der Waals surface area contributed by atoms with E-state index in [1.165, 1.54) is 18.2 Å². The molecule has 0 amide bonds. The zero-order chi connectivity index (χ0) is 61.3. The Labute approximate surface area is 517 Å². The van der Waals surface area contributed by atoms with E-state index in [9.17, 15) is 18.5 Å². The van der Waals surface area contributed by atoms with Crippen LogP contribution in [0.5, 0.6) is 0 Å². The quantitative estimate of drug-likeness (QED) is 0.0651. The summed E-state index contributed by atoms with van der Waals surface area (Å²) in [5.74, 6) is 2.04. The van der Waals surface area contributed by atoms with Crippen molar-refractivity contribution in [2.24, 2.45) is 0 Å². The maximum atomic E-state index is 13.2. The van der Waals surface area contributed by atoms with Crippen molar-refractivity contribution in [3.63, 3.8) is 0 Å². The molecule has 0 bridgehead atoms. The molecule has 0 saturated carbocycles. The van der Waals surface area contributed by atoms with Gasteiger partial charge in [0.1, 0.15) is 28.4 Å². The average Bonchev–Trinajstić information content (AvgIpc) is 2.15.